The molecule has 0 aromatic heterocycles. The predicted molar refractivity (Wildman–Crippen MR) is 208 cm³/mol. The third kappa shape index (κ3) is 7.27. The Morgan fingerprint density at radius 2 is 1.87 bits per heavy atom. The molecule has 284 valence electrons. The number of nitrogens with one attached hydrogen (secondary N) is 1. The highest BCUT2D eigenvalue weighted by molar-refractivity contribution is 7.90. The normalized spacial score (nSPS) is 33.3. The molecule has 2 aliphatic carbocycles. The topological polar surface area (TPSA) is 91.4 Å². The van der Waals surface area contributed by atoms with Crippen LogP contribution in [0.1, 0.15) is 80.3 Å². The van der Waals surface area contributed by atoms with Crippen LogP contribution in [-0.2, 0) is 26.6 Å². The third-order valence-electron chi connectivity index (χ3n) is 13.4. The average Bonchev–Trinajstić information content (AvgIpc) is 3.25. The summed E-state index contributed by atoms with van der Waals surface area (Å²) in [5.74, 6) is 0.522. The Balaban J connectivity index is 1.29. The highest BCUT2D eigenvalue weighted by Crippen LogP contribution is 2.49. The molecule has 52 heavy (non-hydrogen) atoms. The first-order valence-corrected chi connectivity index (χ1v) is 21.2. The molecule has 3 aliphatic heterocycles. The number of halogens is 1. The molecule has 11 heteroatoms. The first-order valence-electron chi connectivity index (χ1n) is 19.3. The smallest absolute Gasteiger partial charge is 0.264 e. The minimum Gasteiger partial charge on any atom is -0.490 e. The van der Waals surface area contributed by atoms with Gasteiger partial charge in [-0.25, -0.2) is 13.1 Å². The molecule has 5 aliphatic rings. The van der Waals surface area contributed by atoms with Crippen LogP contribution >= 0.6 is 11.6 Å². The molecule has 7 rings (SSSR count). The molecule has 1 amide bonds. The number of amides is 1. The van der Waals surface area contributed by atoms with Crippen LogP contribution < -0.4 is 14.4 Å². The quantitative estimate of drug-likeness (QED) is 0.365. The minimum absolute atomic E-state index is 0.211. The molecular weight excluding hydrogens is 696 g/mol. The van der Waals surface area contributed by atoms with Gasteiger partial charge in [-0.05, 0) is 145 Å². The van der Waals surface area contributed by atoms with E-state index in [4.69, 9.17) is 21.1 Å². The Morgan fingerprint density at radius 3 is 2.58 bits per heavy atom. The molecule has 6 atom stereocenters. The van der Waals surface area contributed by atoms with E-state index in [1.165, 1.54) is 11.1 Å². The number of hydrogen-bond donors (Lipinski definition) is 1. The van der Waals surface area contributed by atoms with E-state index in [0.717, 1.165) is 94.1 Å². The lowest BCUT2D eigenvalue weighted by molar-refractivity contribution is -0.0947. The summed E-state index contributed by atoms with van der Waals surface area (Å²) in [6.45, 7) is 8.52. The second-order valence-electron chi connectivity index (χ2n) is 16.7. The second-order valence-corrected chi connectivity index (χ2v) is 19.1. The van der Waals surface area contributed by atoms with Crippen molar-refractivity contribution >= 4 is 33.2 Å². The summed E-state index contributed by atoms with van der Waals surface area (Å²) in [7, 11) is 2.26. The molecule has 1 saturated carbocycles. The molecule has 2 fully saturated rings. The molecule has 2 aromatic carbocycles. The first-order chi connectivity index (χ1) is 24.8. The van der Waals surface area contributed by atoms with Crippen LogP contribution in [0.2, 0.25) is 5.02 Å². The fraction of sp³-hybridized carbons (Fsp3) is 0.634. The van der Waals surface area contributed by atoms with Gasteiger partial charge in [0.1, 0.15) is 11.4 Å². The van der Waals surface area contributed by atoms with Gasteiger partial charge in [0, 0.05) is 48.8 Å². The Labute approximate surface area is 316 Å². The SMILES string of the molecule is CO[C@@]1(CN2CCC(N(C)C)CC2)/C=C\C[C@H](C)[C@@H](C)S(=O)(=O)NC(=O)c2ccc3c(c2)N(C[C@@H]2CC[C@H]21)C[C@@]1(CCCc2cc(Cl)ccc21)CO3. The molecule has 3 heterocycles. The second kappa shape index (κ2) is 14.9. The summed E-state index contributed by atoms with van der Waals surface area (Å²) in [6.07, 6.45) is 12.4. The van der Waals surface area contributed by atoms with Crippen LogP contribution in [0.4, 0.5) is 5.69 Å². The van der Waals surface area contributed by atoms with Crippen molar-refractivity contribution in [3.63, 3.8) is 0 Å². The summed E-state index contributed by atoms with van der Waals surface area (Å²) in [6, 6.07) is 12.3. The number of carbonyl (C=O) groups is 1. The number of carbonyl (C=O) groups excluding carboxylic acids is 1. The van der Waals surface area contributed by atoms with E-state index in [2.05, 4.69) is 57.8 Å². The van der Waals surface area contributed by atoms with Gasteiger partial charge in [0.2, 0.25) is 10.0 Å². The Morgan fingerprint density at radius 1 is 1.08 bits per heavy atom. The molecule has 0 unspecified atom stereocenters. The molecule has 1 saturated heterocycles. The Hall–Kier alpha value is -2.63. The van der Waals surface area contributed by atoms with E-state index < -0.39 is 26.8 Å². The van der Waals surface area contributed by atoms with Gasteiger partial charge in [0.05, 0.1) is 17.5 Å². The van der Waals surface area contributed by atoms with E-state index in [-0.39, 0.29) is 17.3 Å². The number of nitrogens with zero attached hydrogens (tertiary/aromatic N) is 3. The lowest BCUT2D eigenvalue weighted by Crippen LogP contribution is -2.58. The third-order valence-corrected chi connectivity index (χ3v) is 15.5. The zero-order valence-corrected chi connectivity index (χ0v) is 33.1. The summed E-state index contributed by atoms with van der Waals surface area (Å²) in [4.78, 5) is 21.0. The maximum Gasteiger partial charge on any atom is 0.264 e. The van der Waals surface area contributed by atoms with Crippen LogP contribution in [0.25, 0.3) is 0 Å². The van der Waals surface area contributed by atoms with Crippen LogP contribution in [0.15, 0.2) is 48.6 Å². The summed E-state index contributed by atoms with van der Waals surface area (Å²) in [5.41, 5.74) is 2.94. The summed E-state index contributed by atoms with van der Waals surface area (Å²) >= 11 is 6.50. The van der Waals surface area contributed by atoms with E-state index >= 15 is 0 Å². The van der Waals surface area contributed by atoms with Crippen molar-refractivity contribution in [3.8, 4) is 5.75 Å². The van der Waals surface area contributed by atoms with Gasteiger partial charge in [-0.3, -0.25) is 4.79 Å². The molecule has 2 bridgehead atoms. The maximum absolute atomic E-state index is 13.6. The van der Waals surface area contributed by atoms with Crippen molar-refractivity contribution in [3.05, 3.63) is 70.3 Å². The number of likely N-dealkylation sites (tertiary alicyclic amines) is 1. The highest BCUT2D eigenvalue weighted by atomic mass is 35.5. The number of sulfonamides is 1. The van der Waals surface area contributed by atoms with E-state index in [1.54, 1.807) is 13.0 Å². The average molecular weight is 753 g/mol. The number of allylic oxidation sites excluding steroid dienone is 1. The van der Waals surface area contributed by atoms with Crippen LogP contribution in [0, 0.1) is 17.8 Å². The van der Waals surface area contributed by atoms with Crippen molar-refractivity contribution in [1.82, 2.24) is 14.5 Å². The number of anilines is 1. The lowest BCUT2D eigenvalue weighted by Gasteiger charge is -2.52. The van der Waals surface area contributed by atoms with Crippen molar-refractivity contribution in [1.29, 1.82) is 0 Å². The number of rotatable bonds is 4. The van der Waals surface area contributed by atoms with Crippen molar-refractivity contribution in [2.24, 2.45) is 17.8 Å². The largest absolute Gasteiger partial charge is 0.490 e. The molecule has 1 spiro atoms. The number of benzene rings is 2. The molecule has 1 N–H and O–H groups in total. The number of hydrogen-bond acceptors (Lipinski definition) is 8. The number of methoxy groups -OCH3 is 1. The van der Waals surface area contributed by atoms with Crippen LogP contribution in [0.5, 0.6) is 5.75 Å². The molecule has 2 aromatic rings. The summed E-state index contributed by atoms with van der Waals surface area (Å²) < 4.78 is 43.0. The number of ether oxygens (including phenoxy) is 2. The molecule has 9 nitrogen and oxygen atoms in total. The number of fused-ring (bicyclic) bond motifs is 4. The zero-order chi connectivity index (χ0) is 36.8. The predicted octanol–water partition coefficient (Wildman–Crippen LogP) is 6.29. The van der Waals surface area contributed by atoms with E-state index in [0.29, 0.717) is 30.6 Å². The fourth-order valence-corrected chi connectivity index (χ4v) is 11.2. The maximum atomic E-state index is 13.6. The fourth-order valence-electron chi connectivity index (χ4n) is 9.75. The zero-order valence-electron chi connectivity index (χ0n) is 31.6. The monoisotopic (exact) mass is 752 g/mol. The van der Waals surface area contributed by atoms with Crippen molar-refractivity contribution in [2.45, 2.75) is 87.5 Å². The summed E-state index contributed by atoms with van der Waals surface area (Å²) in [5, 5.41) is -0.0203. The van der Waals surface area contributed by atoms with E-state index in [1.807, 2.05) is 32.2 Å². The van der Waals surface area contributed by atoms with Crippen molar-refractivity contribution < 1.29 is 22.7 Å². The van der Waals surface area contributed by atoms with Gasteiger partial charge in [0.25, 0.3) is 5.91 Å². The van der Waals surface area contributed by atoms with Gasteiger partial charge in [0.15, 0.2) is 0 Å². The van der Waals surface area contributed by atoms with Gasteiger partial charge in [-0.15, -0.1) is 0 Å². The van der Waals surface area contributed by atoms with Crippen molar-refractivity contribution in [2.75, 3.05) is 65.4 Å². The van der Waals surface area contributed by atoms with Gasteiger partial charge in [-0.1, -0.05) is 36.7 Å². The van der Waals surface area contributed by atoms with Gasteiger partial charge >= 0.3 is 0 Å². The first kappa shape index (κ1) is 37.7. The molecular formula is C41H57ClN4O5S. The number of aryl methyl sites for hydroxylation is 1. The Bertz CT molecular complexity index is 1780. The van der Waals surface area contributed by atoms with Gasteiger partial charge in [-0.2, -0.15) is 0 Å². The minimum atomic E-state index is -3.95. The Kier molecular flexibility index (Phi) is 10.8. The van der Waals surface area contributed by atoms with E-state index in [9.17, 15) is 13.2 Å². The van der Waals surface area contributed by atoms with Crippen LogP contribution in [0.3, 0.4) is 0 Å². The molecule has 0 radical (unpaired) electrons. The van der Waals surface area contributed by atoms with Crippen LogP contribution in [-0.4, -0.2) is 102 Å². The lowest BCUT2D eigenvalue weighted by atomic mass is 9.63. The van der Waals surface area contributed by atoms with Gasteiger partial charge < -0.3 is 24.2 Å². The standard InChI is InChI=1S/C41H57ClN4O5S/c1-28-8-6-19-41(50-5,26-45-20-16-34(17-21-45)44(3)4)36-13-10-32(36)24-46-25-40(18-7-9-30-22-33(42)12-14-35(30)40)27-51-38-15-11-31(23-37(38)46)39(47)43-52(48,49)29(28)2/h6,11-12,14-15,19,22-23,28-29,32,34,36H,7-10,13,16-18,20-21,24-27H2,1-5H3,(H,43,47)/b19-6-/t28-,29+,32-,36+,40-,41+/m0/s1. The number of piperidine rings is 1. The highest BCUT2D eigenvalue weighted by Gasteiger charge is 2.50.